The number of hydrogen-bond donors (Lipinski definition) is 1. The van der Waals surface area contributed by atoms with Gasteiger partial charge in [-0.2, -0.15) is 0 Å². The molecule has 0 aromatic heterocycles. The molecule has 48 valence electrons. The van der Waals surface area contributed by atoms with E-state index in [1.807, 2.05) is 0 Å². The summed E-state index contributed by atoms with van der Waals surface area (Å²) in [5.74, 6) is 2.78. The maximum Gasteiger partial charge on any atom is 0.0756 e. The minimum absolute atomic E-state index is 0.409. The highest BCUT2D eigenvalue weighted by atomic mass is 15.0. The van der Waals surface area contributed by atoms with Gasteiger partial charge < -0.3 is 5.32 Å². The highest BCUT2D eigenvalue weighted by molar-refractivity contribution is 5.18. The molecule has 9 heavy (non-hydrogen) atoms. The topological polar surface area (TPSA) is 12.0 Å². The van der Waals surface area contributed by atoms with Gasteiger partial charge in [0, 0.05) is 12.0 Å². The van der Waals surface area contributed by atoms with Crippen molar-refractivity contribution in [2.45, 2.75) is 25.3 Å². The molecule has 1 unspecified atom stereocenters. The third kappa shape index (κ3) is 0.495. The van der Waals surface area contributed by atoms with Crippen LogP contribution in [0.4, 0.5) is 0 Å². The quantitative estimate of drug-likeness (QED) is 0.467. The third-order valence-electron chi connectivity index (χ3n) is 2.79. The molecule has 1 heterocycles. The summed E-state index contributed by atoms with van der Waals surface area (Å²) >= 11 is 0. The molecule has 1 aliphatic heterocycles. The first kappa shape index (κ1) is 5.32. The summed E-state index contributed by atoms with van der Waals surface area (Å²) in [5.41, 5.74) is 0.564. The van der Waals surface area contributed by atoms with Gasteiger partial charge in [-0.3, -0.25) is 0 Å². The molecular weight excluding hydrogens is 110 g/mol. The van der Waals surface area contributed by atoms with E-state index in [1.54, 1.807) is 0 Å². The van der Waals surface area contributed by atoms with Crippen LogP contribution in [0.2, 0.25) is 0 Å². The summed E-state index contributed by atoms with van der Waals surface area (Å²) in [6.45, 7) is 1.17. The van der Waals surface area contributed by atoms with Gasteiger partial charge >= 0.3 is 0 Å². The van der Waals surface area contributed by atoms with Gasteiger partial charge in [-0.05, 0) is 12.8 Å². The average Bonchev–Trinajstić information content (AvgIpc) is 1.59. The number of terminal acetylenes is 1. The summed E-state index contributed by atoms with van der Waals surface area (Å²) in [4.78, 5) is 0. The Bertz CT molecular complexity index is 156. The Kier molecular flexibility index (Phi) is 0.896. The minimum atomic E-state index is 0.409. The fourth-order valence-corrected chi connectivity index (χ4v) is 1.82. The van der Waals surface area contributed by atoms with Gasteiger partial charge in [0.1, 0.15) is 0 Å². The van der Waals surface area contributed by atoms with E-state index in [-0.39, 0.29) is 0 Å². The first-order chi connectivity index (χ1) is 4.37. The largest absolute Gasteiger partial charge is 0.303 e. The Morgan fingerprint density at radius 3 is 2.44 bits per heavy atom. The molecule has 0 amide bonds. The van der Waals surface area contributed by atoms with Gasteiger partial charge in [-0.25, -0.2) is 0 Å². The van der Waals surface area contributed by atoms with Crippen LogP contribution in [-0.4, -0.2) is 12.6 Å². The Hall–Kier alpha value is -0.480. The Morgan fingerprint density at radius 1 is 1.56 bits per heavy atom. The van der Waals surface area contributed by atoms with E-state index >= 15 is 0 Å². The van der Waals surface area contributed by atoms with Gasteiger partial charge in [-0.15, -0.1) is 6.42 Å². The van der Waals surface area contributed by atoms with Crippen LogP contribution in [0.3, 0.4) is 0 Å². The molecule has 1 saturated carbocycles. The Morgan fingerprint density at radius 2 is 2.33 bits per heavy atom. The Labute approximate surface area is 55.8 Å². The molecule has 1 spiro atoms. The standard InChI is InChI=1S/C8H11N/c1-2-7-8(6-9-7)4-3-5-8/h1,7,9H,3-6H2. The highest BCUT2D eigenvalue weighted by Crippen LogP contribution is 2.47. The molecule has 0 bridgehead atoms. The van der Waals surface area contributed by atoms with Crippen molar-refractivity contribution in [1.82, 2.24) is 5.32 Å². The van der Waals surface area contributed by atoms with Crippen LogP contribution in [0.25, 0.3) is 0 Å². The van der Waals surface area contributed by atoms with Gasteiger partial charge in [0.25, 0.3) is 0 Å². The van der Waals surface area contributed by atoms with Crippen LogP contribution in [0, 0.1) is 17.8 Å². The molecule has 1 heteroatoms. The lowest BCUT2D eigenvalue weighted by Gasteiger charge is -2.54. The zero-order valence-electron chi connectivity index (χ0n) is 5.48. The summed E-state index contributed by atoms with van der Waals surface area (Å²) in [5, 5.41) is 3.25. The average molecular weight is 121 g/mol. The molecule has 1 atom stereocenters. The lowest BCUT2D eigenvalue weighted by molar-refractivity contribution is 0.0251. The van der Waals surface area contributed by atoms with Gasteiger partial charge in [-0.1, -0.05) is 12.3 Å². The number of hydrogen-bond acceptors (Lipinski definition) is 1. The fraction of sp³-hybridized carbons (Fsp3) is 0.750. The van der Waals surface area contributed by atoms with Gasteiger partial charge in [0.05, 0.1) is 6.04 Å². The van der Waals surface area contributed by atoms with E-state index in [0.29, 0.717) is 11.5 Å². The summed E-state index contributed by atoms with van der Waals surface area (Å²) < 4.78 is 0. The van der Waals surface area contributed by atoms with E-state index < -0.39 is 0 Å². The second-order valence-electron chi connectivity index (χ2n) is 3.20. The fourth-order valence-electron chi connectivity index (χ4n) is 1.82. The first-order valence-electron chi connectivity index (χ1n) is 3.57. The van der Waals surface area contributed by atoms with Crippen LogP contribution < -0.4 is 5.32 Å². The summed E-state index contributed by atoms with van der Waals surface area (Å²) in [6, 6.07) is 0.409. The van der Waals surface area contributed by atoms with Crippen molar-refractivity contribution < 1.29 is 0 Å². The predicted molar refractivity (Wildman–Crippen MR) is 36.9 cm³/mol. The van der Waals surface area contributed by atoms with E-state index in [4.69, 9.17) is 6.42 Å². The molecule has 1 nitrogen and oxygen atoms in total. The molecule has 0 aromatic carbocycles. The van der Waals surface area contributed by atoms with Crippen molar-refractivity contribution in [2.75, 3.05) is 6.54 Å². The second kappa shape index (κ2) is 1.52. The van der Waals surface area contributed by atoms with Gasteiger partial charge in [0.15, 0.2) is 0 Å². The first-order valence-corrected chi connectivity index (χ1v) is 3.57. The molecule has 1 N–H and O–H groups in total. The molecule has 1 aliphatic carbocycles. The monoisotopic (exact) mass is 121 g/mol. The zero-order chi connectivity index (χ0) is 6.32. The SMILES string of the molecule is C#CC1NCC12CCC2. The number of rotatable bonds is 0. The van der Waals surface area contributed by atoms with Crippen molar-refractivity contribution in [3.05, 3.63) is 0 Å². The van der Waals surface area contributed by atoms with E-state index in [2.05, 4.69) is 11.2 Å². The van der Waals surface area contributed by atoms with Crippen molar-refractivity contribution in [2.24, 2.45) is 5.41 Å². The predicted octanol–water partition coefficient (Wildman–Crippen LogP) is 0.762. The molecule has 2 fully saturated rings. The normalized spacial score (nSPS) is 36.6. The Balaban J connectivity index is 2.07. The van der Waals surface area contributed by atoms with E-state index in [1.165, 1.54) is 25.8 Å². The number of nitrogens with one attached hydrogen (secondary N) is 1. The smallest absolute Gasteiger partial charge is 0.0756 e. The van der Waals surface area contributed by atoms with Crippen molar-refractivity contribution >= 4 is 0 Å². The second-order valence-corrected chi connectivity index (χ2v) is 3.20. The minimum Gasteiger partial charge on any atom is -0.303 e. The molecule has 0 radical (unpaired) electrons. The van der Waals surface area contributed by atoms with Crippen LogP contribution in [-0.2, 0) is 0 Å². The van der Waals surface area contributed by atoms with Gasteiger partial charge in [0.2, 0.25) is 0 Å². The molecular formula is C8H11N. The van der Waals surface area contributed by atoms with Crippen molar-refractivity contribution in [3.8, 4) is 12.3 Å². The lowest BCUT2D eigenvalue weighted by atomic mass is 9.59. The molecule has 1 saturated heterocycles. The molecule has 0 aromatic rings. The van der Waals surface area contributed by atoms with Crippen LogP contribution >= 0.6 is 0 Å². The van der Waals surface area contributed by atoms with E-state index in [0.717, 1.165) is 0 Å². The summed E-state index contributed by atoms with van der Waals surface area (Å²) in [6.07, 6.45) is 9.41. The van der Waals surface area contributed by atoms with Crippen molar-refractivity contribution in [1.29, 1.82) is 0 Å². The highest BCUT2D eigenvalue weighted by Gasteiger charge is 2.49. The van der Waals surface area contributed by atoms with Crippen LogP contribution in [0.5, 0.6) is 0 Å². The van der Waals surface area contributed by atoms with E-state index in [9.17, 15) is 0 Å². The van der Waals surface area contributed by atoms with Crippen LogP contribution in [0.15, 0.2) is 0 Å². The maximum absolute atomic E-state index is 5.31. The maximum atomic E-state index is 5.31. The zero-order valence-corrected chi connectivity index (χ0v) is 5.48. The van der Waals surface area contributed by atoms with Crippen LogP contribution in [0.1, 0.15) is 19.3 Å². The third-order valence-corrected chi connectivity index (χ3v) is 2.79. The van der Waals surface area contributed by atoms with Crippen molar-refractivity contribution in [3.63, 3.8) is 0 Å². The lowest BCUT2D eigenvalue weighted by Crippen LogP contribution is -2.64. The summed E-state index contributed by atoms with van der Waals surface area (Å²) in [7, 11) is 0. The molecule has 2 rings (SSSR count). The molecule has 2 aliphatic rings.